The van der Waals surface area contributed by atoms with Crippen LogP contribution in [-0.4, -0.2) is 26.3 Å². The Morgan fingerprint density at radius 2 is 1.85 bits per heavy atom. The van der Waals surface area contributed by atoms with Gasteiger partial charge in [0, 0.05) is 34.5 Å². The number of rotatable bonds is 2. The summed E-state index contributed by atoms with van der Waals surface area (Å²) >= 11 is 15.8. The zero-order valence-corrected chi connectivity index (χ0v) is 10.0. The second-order valence-electron chi connectivity index (χ2n) is 2.46. The molecule has 0 aromatic rings. The topological polar surface area (TPSA) is 46.5 Å². The molecule has 0 aromatic carbocycles. The lowest BCUT2D eigenvalue weighted by Crippen LogP contribution is -2.15. The predicted octanol–water partition coefficient (Wildman–Crippen LogP) is 2.17. The van der Waals surface area contributed by atoms with E-state index >= 15 is 0 Å². The average Bonchev–Trinajstić information content (AvgIpc) is 1.82. The molecule has 0 saturated heterocycles. The van der Waals surface area contributed by atoms with Crippen LogP contribution in [0.2, 0.25) is 0 Å². The first-order chi connectivity index (χ1) is 5.63. The SMILES string of the molecule is CS(C)(=O)=N/C=C\C(=O)C(Cl)(Cl)Cl. The van der Waals surface area contributed by atoms with Gasteiger partial charge in [-0.05, 0) is 0 Å². The van der Waals surface area contributed by atoms with Crippen molar-refractivity contribution in [2.45, 2.75) is 3.79 Å². The van der Waals surface area contributed by atoms with Crippen molar-refractivity contribution in [2.24, 2.45) is 4.36 Å². The van der Waals surface area contributed by atoms with Gasteiger partial charge in [0.2, 0.25) is 5.78 Å². The molecule has 0 atom stereocenters. The van der Waals surface area contributed by atoms with E-state index in [1.54, 1.807) is 0 Å². The van der Waals surface area contributed by atoms with Gasteiger partial charge in [0.25, 0.3) is 3.79 Å². The maximum absolute atomic E-state index is 11.0. The summed E-state index contributed by atoms with van der Waals surface area (Å²) < 4.78 is 12.6. The van der Waals surface area contributed by atoms with E-state index in [4.69, 9.17) is 34.8 Å². The molecule has 0 bridgehead atoms. The summed E-state index contributed by atoms with van der Waals surface area (Å²) in [4.78, 5) is 10.9. The molecule has 0 rings (SSSR count). The Kier molecular flexibility index (Phi) is 4.72. The minimum Gasteiger partial charge on any atom is -0.290 e. The molecule has 7 heteroatoms. The second-order valence-corrected chi connectivity index (χ2v) is 7.32. The molecule has 0 aliphatic heterocycles. The highest BCUT2D eigenvalue weighted by molar-refractivity contribution is 7.92. The van der Waals surface area contributed by atoms with Gasteiger partial charge in [-0.15, -0.1) is 0 Å². The van der Waals surface area contributed by atoms with E-state index < -0.39 is 19.3 Å². The number of carbonyl (C=O) groups is 1. The van der Waals surface area contributed by atoms with Crippen LogP contribution < -0.4 is 0 Å². The minimum atomic E-state index is -2.26. The summed E-state index contributed by atoms with van der Waals surface area (Å²) in [7, 11) is -2.26. The van der Waals surface area contributed by atoms with Crippen molar-refractivity contribution in [1.29, 1.82) is 0 Å². The number of hydrogen-bond acceptors (Lipinski definition) is 3. The maximum Gasteiger partial charge on any atom is 0.252 e. The molecule has 0 aliphatic carbocycles. The lowest BCUT2D eigenvalue weighted by molar-refractivity contribution is -0.113. The fourth-order valence-corrected chi connectivity index (χ4v) is 0.882. The Bertz CT molecular complexity index is 328. The lowest BCUT2D eigenvalue weighted by atomic mass is 10.4. The summed E-state index contributed by atoms with van der Waals surface area (Å²) in [5, 5.41) is 0. The molecule has 13 heavy (non-hydrogen) atoms. The zero-order chi connectivity index (χ0) is 10.7. The fraction of sp³-hybridized carbons (Fsp3) is 0.500. The number of ketones is 1. The largest absolute Gasteiger partial charge is 0.290 e. The minimum absolute atomic E-state index is 0.718. The monoisotopic (exact) mass is 263 g/mol. The van der Waals surface area contributed by atoms with Crippen LogP contribution in [0.3, 0.4) is 0 Å². The Hall–Kier alpha value is 0.230. The van der Waals surface area contributed by atoms with E-state index in [0.717, 1.165) is 12.3 Å². The van der Waals surface area contributed by atoms with Crippen molar-refractivity contribution in [1.82, 2.24) is 0 Å². The van der Waals surface area contributed by atoms with E-state index in [2.05, 4.69) is 4.36 Å². The average molecular weight is 265 g/mol. The Balaban J connectivity index is 4.51. The summed E-state index contributed by atoms with van der Waals surface area (Å²) in [6, 6.07) is 0. The van der Waals surface area contributed by atoms with Crippen molar-refractivity contribution in [2.75, 3.05) is 12.5 Å². The number of halogens is 3. The number of allylic oxidation sites excluding steroid dienone is 1. The van der Waals surface area contributed by atoms with Crippen LogP contribution in [0.25, 0.3) is 0 Å². The van der Waals surface area contributed by atoms with Crippen molar-refractivity contribution < 1.29 is 9.00 Å². The third-order valence-corrected chi connectivity index (χ3v) is 2.01. The number of hydrogen-bond donors (Lipinski definition) is 0. The number of nitrogens with zero attached hydrogens (tertiary/aromatic N) is 1. The van der Waals surface area contributed by atoms with E-state index in [9.17, 15) is 9.00 Å². The normalized spacial score (nSPS) is 13.3. The second kappa shape index (κ2) is 4.64. The van der Waals surface area contributed by atoms with Crippen LogP contribution in [0.1, 0.15) is 0 Å². The van der Waals surface area contributed by atoms with Crippen LogP contribution in [-0.2, 0) is 14.5 Å². The van der Waals surface area contributed by atoms with E-state index in [-0.39, 0.29) is 0 Å². The third-order valence-electron chi connectivity index (χ3n) is 0.820. The van der Waals surface area contributed by atoms with Gasteiger partial charge in [0.15, 0.2) is 0 Å². The van der Waals surface area contributed by atoms with Gasteiger partial charge in [-0.25, -0.2) is 8.57 Å². The van der Waals surface area contributed by atoms with Gasteiger partial charge in [-0.2, -0.15) is 0 Å². The lowest BCUT2D eigenvalue weighted by Gasteiger charge is -2.03. The standard InChI is InChI=1S/C6H8Cl3NO2S/c1-13(2,12)10-4-3-5(11)6(7,8)9/h3-4H,1-2H3/b4-3-. The number of carbonyl (C=O) groups excluding carboxylic acids is 1. The maximum atomic E-state index is 11.0. The highest BCUT2D eigenvalue weighted by Gasteiger charge is 2.27. The molecule has 0 saturated carbocycles. The molecule has 0 aliphatic rings. The third kappa shape index (κ3) is 7.31. The molecular weight excluding hydrogens is 256 g/mol. The molecule has 0 radical (unpaired) electrons. The summed E-state index contributed by atoms with van der Waals surface area (Å²) in [6.07, 6.45) is 4.90. The van der Waals surface area contributed by atoms with Crippen LogP contribution in [0, 0.1) is 0 Å². The molecule has 0 amide bonds. The molecule has 0 aromatic heterocycles. The Morgan fingerprint density at radius 3 is 2.15 bits per heavy atom. The molecule has 76 valence electrons. The van der Waals surface area contributed by atoms with Crippen molar-refractivity contribution >= 4 is 50.3 Å². The molecule has 0 unspecified atom stereocenters. The highest BCUT2D eigenvalue weighted by atomic mass is 35.6. The van der Waals surface area contributed by atoms with Crippen molar-refractivity contribution in [3.8, 4) is 0 Å². The smallest absolute Gasteiger partial charge is 0.252 e. The summed E-state index contributed by atoms with van der Waals surface area (Å²) in [5.74, 6) is -0.718. The van der Waals surface area contributed by atoms with Crippen LogP contribution in [0.15, 0.2) is 16.6 Å². The molecule has 0 fully saturated rings. The predicted molar refractivity (Wildman–Crippen MR) is 56.9 cm³/mol. The molecule has 3 nitrogen and oxygen atoms in total. The van der Waals surface area contributed by atoms with Gasteiger partial charge in [-0.3, -0.25) is 4.79 Å². The van der Waals surface area contributed by atoms with E-state index in [1.807, 2.05) is 0 Å². The van der Waals surface area contributed by atoms with Gasteiger partial charge in [-0.1, -0.05) is 34.8 Å². The fourth-order valence-electron chi connectivity index (χ4n) is 0.339. The van der Waals surface area contributed by atoms with Crippen LogP contribution >= 0.6 is 34.8 Å². The summed E-state index contributed by atoms with van der Waals surface area (Å²) in [6.45, 7) is 0. The first kappa shape index (κ1) is 13.2. The zero-order valence-electron chi connectivity index (χ0n) is 6.96. The van der Waals surface area contributed by atoms with E-state index in [0.29, 0.717) is 0 Å². The van der Waals surface area contributed by atoms with E-state index in [1.165, 1.54) is 12.5 Å². The van der Waals surface area contributed by atoms with Crippen molar-refractivity contribution in [3.63, 3.8) is 0 Å². The van der Waals surface area contributed by atoms with Gasteiger partial charge >= 0.3 is 0 Å². The Labute approximate surface area is 92.2 Å². The van der Waals surface area contributed by atoms with Crippen molar-refractivity contribution in [3.05, 3.63) is 12.3 Å². The first-order valence-corrected chi connectivity index (χ1v) is 6.53. The summed E-state index contributed by atoms with van der Waals surface area (Å²) in [5.41, 5.74) is 0. The number of alkyl halides is 3. The highest BCUT2D eigenvalue weighted by Crippen LogP contribution is 2.27. The first-order valence-electron chi connectivity index (χ1n) is 3.07. The molecule has 0 N–H and O–H groups in total. The van der Waals surface area contributed by atoms with Crippen LogP contribution in [0.5, 0.6) is 0 Å². The van der Waals surface area contributed by atoms with Gasteiger partial charge in [0.05, 0.1) is 0 Å². The Morgan fingerprint density at radius 1 is 1.38 bits per heavy atom. The van der Waals surface area contributed by atoms with Gasteiger partial charge < -0.3 is 0 Å². The molecule has 0 heterocycles. The quantitative estimate of drug-likeness (QED) is 0.567. The van der Waals surface area contributed by atoms with Crippen LogP contribution in [0.4, 0.5) is 0 Å². The molecule has 0 spiro atoms. The molecular formula is C6H8Cl3NO2S. The van der Waals surface area contributed by atoms with Gasteiger partial charge in [0.1, 0.15) is 0 Å².